The summed E-state index contributed by atoms with van der Waals surface area (Å²) in [6.07, 6.45) is -2.81. The van der Waals surface area contributed by atoms with E-state index < -0.39 is 12.3 Å². The van der Waals surface area contributed by atoms with Crippen LogP contribution in [0.1, 0.15) is 23.6 Å². The van der Waals surface area contributed by atoms with Gasteiger partial charge in [-0.1, -0.05) is 17.3 Å². The Balaban J connectivity index is 1.68. The number of anilines is 1. The van der Waals surface area contributed by atoms with Crippen LogP contribution in [0.2, 0.25) is 0 Å². The van der Waals surface area contributed by atoms with Crippen LogP contribution < -0.4 is 5.32 Å². The minimum atomic E-state index is -2.81. The molecule has 0 fully saturated rings. The predicted octanol–water partition coefficient (Wildman–Crippen LogP) is 3.58. The molecule has 0 aliphatic carbocycles. The van der Waals surface area contributed by atoms with Crippen molar-refractivity contribution in [1.29, 1.82) is 0 Å². The zero-order valence-electron chi connectivity index (χ0n) is 11.6. The lowest BCUT2D eigenvalue weighted by Gasteiger charge is -2.04. The third kappa shape index (κ3) is 3.11. The second-order valence-electron chi connectivity index (χ2n) is 4.65. The molecule has 0 aliphatic rings. The Bertz CT molecular complexity index is 770. The Labute approximate surface area is 124 Å². The number of nitrogens with zero attached hydrogens (tertiary/aromatic N) is 3. The largest absolute Gasteiger partial charge is 0.412 e. The lowest BCUT2D eigenvalue weighted by atomic mass is 10.2. The molecule has 6 nitrogen and oxygen atoms in total. The third-order valence-corrected chi connectivity index (χ3v) is 2.89. The minimum absolute atomic E-state index is 0.121. The number of nitrogens with one attached hydrogen (secondary N) is 1. The molecule has 0 saturated heterocycles. The molecule has 0 unspecified atom stereocenters. The first kappa shape index (κ1) is 14.2. The first-order chi connectivity index (χ1) is 10.6. The van der Waals surface area contributed by atoms with Crippen LogP contribution in [0.3, 0.4) is 0 Å². The van der Waals surface area contributed by atoms with Crippen molar-refractivity contribution < 1.29 is 17.7 Å². The summed E-state index contributed by atoms with van der Waals surface area (Å²) in [7, 11) is 0. The highest BCUT2D eigenvalue weighted by Crippen LogP contribution is 2.24. The number of aromatic nitrogens is 3. The second kappa shape index (κ2) is 5.92. The summed E-state index contributed by atoms with van der Waals surface area (Å²) in [6.45, 7) is 2.42. The molecule has 0 saturated carbocycles. The quantitative estimate of drug-likeness (QED) is 0.776. The van der Waals surface area contributed by atoms with Gasteiger partial charge in [-0.3, -0.25) is 0 Å². The SMILES string of the molecule is Cc1cccc(NCc2cc(-c3nnc(C(F)F)o3)on2)c1. The fraction of sp³-hybridized carbons (Fsp3) is 0.214. The zero-order valence-corrected chi connectivity index (χ0v) is 11.6. The van der Waals surface area contributed by atoms with E-state index in [1.807, 2.05) is 31.2 Å². The van der Waals surface area contributed by atoms with Crippen LogP contribution in [0.4, 0.5) is 14.5 Å². The molecule has 0 aliphatic heterocycles. The normalized spacial score (nSPS) is 11.1. The van der Waals surface area contributed by atoms with E-state index in [0.29, 0.717) is 12.2 Å². The second-order valence-corrected chi connectivity index (χ2v) is 4.65. The Kier molecular flexibility index (Phi) is 3.82. The number of benzene rings is 1. The van der Waals surface area contributed by atoms with E-state index in [1.165, 1.54) is 0 Å². The molecule has 0 radical (unpaired) electrons. The molecule has 0 spiro atoms. The van der Waals surface area contributed by atoms with Gasteiger partial charge in [-0.25, -0.2) is 0 Å². The number of hydrogen-bond acceptors (Lipinski definition) is 6. The molecule has 0 atom stereocenters. The van der Waals surface area contributed by atoms with Crippen LogP contribution in [0.15, 0.2) is 39.3 Å². The van der Waals surface area contributed by atoms with Crippen LogP contribution in [0.25, 0.3) is 11.7 Å². The van der Waals surface area contributed by atoms with Crippen molar-refractivity contribution in [3.8, 4) is 11.7 Å². The third-order valence-electron chi connectivity index (χ3n) is 2.89. The molecule has 3 aromatic rings. The lowest BCUT2D eigenvalue weighted by Crippen LogP contribution is -1.99. The van der Waals surface area contributed by atoms with Crippen molar-refractivity contribution >= 4 is 5.69 Å². The molecule has 1 N–H and O–H groups in total. The average Bonchev–Trinajstić information content (AvgIpc) is 3.14. The maximum atomic E-state index is 12.4. The van der Waals surface area contributed by atoms with Gasteiger partial charge in [0.25, 0.3) is 11.8 Å². The van der Waals surface area contributed by atoms with Crippen LogP contribution in [-0.4, -0.2) is 15.4 Å². The molecule has 0 bridgehead atoms. The summed E-state index contributed by atoms with van der Waals surface area (Å²) in [5.74, 6) is -0.712. The molecule has 1 aromatic carbocycles. The monoisotopic (exact) mass is 306 g/mol. The van der Waals surface area contributed by atoms with Gasteiger partial charge in [0.2, 0.25) is 5.76 Å². The highest BCUT2D eigenvalue weighted by atomic mass is 19.3. The summed E-state index contributed by atoms with van der Waals surface area (Å²) >= 11 is 0. The van der Waals surface area contributed by atoms with E-state index in [1.54, 1.807) is 6.07 Å². The predicted molar refractivity (Wildman–Crippen MR) is 73.3 cm³/mol. The Hall–Kier alpha value is -2.77. The summed E-state index contributed by atoms with van der Waals surface area (Å²) in [6, 6.07) is 9.42. The zero-order chi connectivity index (χ0) is 15.5. The average molecular weight is 306 g/mol. The first-order valence-electron chi connectivity index (χ1n) is 6.50. The molecule has 3 rings (SSSR count). The first-order valence-corrected chi connectivity index (χ1v) is 6.50. The van der Waals surface area contributed by atoms with Crippen molar-refractivity contribution in [2.75, 3.05) is 5.32 Å². The molecular formula is C14H12F2N4O2. The van der Waals surface area contributed by atoms with E-state index in [9.17, 15) is 8.78 Å². The highest BCUT2D eigenvalue weighted by Gasteiger charge is 2.19. The Morgan fingerprint density at radius 2 is 2.09 bits per heavy atom. The molecule has 22 heavy (non-hydrogen) atoms. The lowest BCUT2D eigenvalue weighted by molar-refractivity contribution is 0.115. The van der Waals surface area contributed by atoms with Gasteiger partial charge >= 0.3 is 6.43 Å². The van der Waals surface area contributed by atoms with Crippen molar-refractivity contribution in [3.05, 3.63) is 47.5 Å². The van der Waals surface area contributed by atoms with E-state index in [0.717, 1.165) is 11.3 Å². The molecule has 0 amide bonds. The van der Waals surface area contributed by atoms with Gasteiger partial charge in [-0.15, -0.1) is 10.2 Å². The van der Waals surface area contributed by atoms with Gasteiger partial charge in [0.1, 0.15) is 5.69 Å². The molecule has 2 aromatic heterocycles. The Morgan fingerprint density at radius 1 is 1.23 bits per heavy atom. The summed E-state index contributed by atoms with van der Waals surface area (Å²) in [5, 5.41) is 13.7. The smallest absolute Gasteiger partial charge is 0.314 e. The summed E-state index contributed by atoms with van der Waals surface area (Å²) in [5.41, 5.74) is 2.67. The number of alkyl halides is 2. The maximum absolute atomic E-state index is 12.4. The van der Waals surface area contributed by atoms with Crippen molar-refractivity contribution in [3.63, 3.8) is 0 Å². The fourth-order valence-electron chi connectivity index (χ4n) is 1.87. The fourth-order valence-corrected chi connectivity index (χ4v) is 1.87. The van der Waals surface area contributed by atoms with Gasteiger partial charge < -0.3 is 14.3 Å². The summed E-state index contributed by atoms with van der Waals surface area (Å²) < 4.78 is 34.6. The molecule has 2 heterocycles. The van der Waals surface area contributed by atoms with Gasteiger partial charge in [0.05, 0.1) is 6.54 Å². The number of aryl methyl sites for hydroxylation is 1. The van der Waals surface area contributed by atoms with E-state index in [4.69, 9.17) is 8.94 Å². The molecule has 8 heteroatoms. The number of rotatable bonds is 5. The standard InChI is InChI=1S/C14H12F2N4O2/c1-8-3-2-4-9(5-8)17-7-10-6-11(22-20-10)13-18-19-14(21-13)12(15)16/h2-6,12,17H,7H2,1H3. The number of hydrogen-bond donors (Lipinski definition) is 1. The van der Waals surface area contributed by atoms with Gasteiger partial charge in [0.15, 0.2) is 0 Å². The van der Waals surface area contributed by atoms with E-state index in [-0.39, 0.29) is 11.7 Å². The van der Waals surface area contributed by atoms with E-state index in [2.05, 4.69) is 20.7 Å². The highest BCUT2D eigenvalue weighted by molar-refractivity contribution is 5.47. The van der Waals surface area contributed by atoms with Crippen molar-refractivity contribution in [1.82, 2.24) is 15.4 Å². The minimum Gasteiger partial charge on any atom is -0.412 e. The Morgan fingerprint density at radius 3 is 2.82 bits per heavy atom. The van der Waals surface area contributed by atoms with Crippen LogP contribution in [0.5, 0.6) is 0 Å². The molecule has 114 valence electrons. The summed E-state index contributed by atoms with van der Waals surface area (Å²) in [4.78, 5) is 0. The van der Waals surface area contributed by atoms with Crippen LogP contribution >= 0.6 is 0 Å². The van der Waals surface area contributed by atoms with E-state index >= 15 is 0 Å². The van der Waals surface area contributed by atoms with Gasteiger partial charge in [-0.2, -0.15) is 8.78 Å². The van der Waals surface area contributed by atoms with Crippen LogP contribution in [-0.2, 0) is 6.54 Å². The maximum Gasteiger partial charge on any atom is 0.314 e. The van der Waals surface area contributed by atoms with Crippen molar-refractivity contribution in [2.24, 2.45) is 0 Å². The molecular weight excluding hydrogens is 294 g/mol. The number of halogens is 2. The topological polar surface area (TPSA) is 77.0 Å². The van der Waals surface area contributed by atoms with Crippen LogP contribution in [0, 0.1) is 6.92 Å². The van der Waals surface area contributed by atoms with Gasteiger partial charge in [0, 0.05) is 11.8 Å². The van der Waals surface area contributed by atoms with Gasteiger partial charge in [-0.05, 0) is 24.6 Å². The van der Waals surface area contributed by atoms with Crippen molar-refractivity contribution in [2.45, 2.75) is 19.9 Å².